The van der Waals surface area contributed by atoms with E-state index in [0.29, 0.717) is 0 Å². The molecule has 4 heteroatoms. The smallest absolute Gasteiger partial charge is 0.333 e. The third-order valence-corrected chi connectivity index (χ3v) is 11.5. The Balaban J connectivity index is 1.29. The zero-order chi connectivity index (χ0) is 33.8. The first-order chi connectivity index (χ1) is 25.1. The maximum absolute atomic E-state index is 2.69. The van der Waals surface area contributed by atoms with Crippen LogP contribution in [-0.2, 0) is 5.41 Å². The number of hydrogen-bond acceptors (Lipinski definition) is 2. The lowest BCUT2D eigenvalue weighted by Gasteiger charge is -2.43. The molecule has 51 heavy (non-hydrogen) atoms. The van der Waals surface area contributed by atoms with Gasteiger partial charge in [0.15, 0.2) is 0 Å². The van der Waals surface area contributed by atoms with E-state index >= 15 is 0 Å². The fourth-order valence-corrected chi connectivity index (χ4v) is 9.55. The molecule has 7 aromatic carbocycles. The minimum atomic E-state index is -0.211. The van der Waals surface area contributed by atoms with E-state index in [-0.39, 0.29) is 12.3 Å². The second-order valence-electron chi connectivity index (χ2n) is 14.5. The van der Waals surface area contributed by atoms with Gasteiger partial charge in [0, 0.05) is 61.2 Å². The molecular formula is C47H34BN3. The Morgan fingerprint density at radius 3 is 1.90 bits per heavy atom. The van der Waals surface area contributed by atoms with Gasteiger partial charge in [-0.15, -0.1) is 0 Å². The van der Waals surface area contributed by atoms with Crippen LogP contribution < -0.4 is 15.3 Å². The third-order valence-electron chi connectivity index (χ3n) is 11.5. The van der Waals surface area contributed by atoms with E-state index in [1.54, 1.807) is 0 Å². The summed E-state index contributed by atoms with van der Waals surface area (Å²) in [5.74, 6) is 0. The van der Waals surface area contributed by atoms with Crippen LogP contribution in [0.2, 0.25) is 0 Å². The third kappa shape index (κ3) is 3.74. The average Bonchev–Trinajstić information content (AvgIpc) is 3.65. The van der Waals surface area contributed by atoms with Crippen molar-refractivity contribution in [2.24, 2.45) is 0 Å². The van der Waals surface area contributed by atoms with Crippen molar-refractivity contribution >= 4 is 68.0 Å². The fraction of sp³-hybridized carbons (Fsp3) is 0.0638. The molecule has 0 amide bonds. The van der Waals surface area contributed by atoms with Gasteiger partial charge < -0.3 is 14.3 Å². The summed E-state index contributed by atoms with van der Waals surface area (Å²) in [5, 5.41) is 2.55. The molecule has 240 valence electrons. The lowest BCUT2D eigenvalue weighted by molar-refractivity contribution is 0.625. The monoisotopic (exact) mass is 651 g/mol. The highest BCUT2D eigenvalue weighted by Crippen LogP contribution is 2.56. The van der Waals surface area contributed by atoms with Crippen molar-refractivity contribution < 1.29 is 0 Å². The first-order valence-electron chi connectivity index (χ1n) is 17.9. The molecule has 0 saturated carbocycles. The minimum Gasteiger partial charge on any atom is -0.375 e. The number of nitrogens with zero attached hydrogens (tertiary/aromatic N) is 3. The van der Waals surface area contributed by atoms with Gasteiger partial charge in [-0.1, -0.05) is 129 Å². The van der Waals surface area contributed by atoms with Crippen molar-refractivity contribution in [3.63, 3.8) is 0 Å². The summed E-state index contributed by atoms with van der Waals surface area (Å²) in [6.07, 6.45) is 0. The molecule has 0 fully saturated rings. The molecule has 0 radical (unpaired) electrons. The molecule has 3 nitrogen and oxygen atoms in total. The van der Waals surface area contributed by atoms with Gasteiger partial charge in [0.05, 0.1) is 5.69 Å². The number of hydrogen-bond donors (Lipinski definition) is 0. The number of fused-ring (bicyclic) bond motifs is 8. The Hall–Kier alpha value is -6.26. The topological polar surface area (TPSA) is 11.4 Å². The van der Waals surface area contributed by atoms with Crippen molar-refractivity contribution in [3.8, 4) is 11.1 Å². The Bertz CT molecular complexity index is 2690. The second kappa shape index (κ2) is 10.4. The van der Waals surface area contributed by atoms with Gasteiger partial charge in [0.2, 0.25) is 0 Å². The van der Waals surface area contributed by atoms with Gasteiger partial charge in [0.25, 0.3) is 0 Å². The van der Waals surface area contributed by atoms with Gasteiger partial charge in [-0.25, -0.2) is 0 Å². The largest absolute Gasteiger partial charge is 0.375 e. The number of benzene rings is 7. The Morgan fingerprint density at radius 1 is 0.549 bits per heavy atom. The lowest BCUT2D eigenvalue weighted by atomic mass is 9.43. The van der Waals surface area contributed by atoms with Gasteiger partial charge in [0.1, 0.15) is 0 Å². The molecule has 2 aliphatic heterocycles. The quantitative estimate of drug-likeness (QED) is 0.176. The summed E-state index contributed by atoms with van der Waals surface area (Å²) in [5.41, 5.74) is 17.7. The Labute approximate surface area is 298 Å². The zero-order valence-corrected chi connectivity index (χ0v) is 28.6. The van der Waals surface area contributed by atoms with E-state index in [0.717, 1.165) is 11.4 Å². The van der Waals surface area contributed by atoms with E-state index in [9.17, 15) is 0 Å². The minimum absolute atomic E-state index is 0.00105. The van der Waals surface area contributed by atoms with Crippen LogP contribution in [0.15, 0.2) is 176 Å². The number of rotatable bonds is 4. The predicted octanol–water partition coefficient (Wildman–Crippen LogP) is 11.4. The summed E-state index contributed by atoms with van der Waals surface area (Å²) < 4.78 is 2.69. The van der Waals surface area contributed by atoms with Crippen LogP contribution in [-0.4, -0.2) is 11.3 Å². The molecule has 3 aliphatic rings. The highest BCUT2D eigenvalue weighted by atomic mass is 15.2. The van der Waals surface area contributed by atoms with Gasteiger partial charge in [-0.2, -0.15) is 0 Å². The number of allylic oxidation sites excluding steroid dienone is 1. The van der Waals surface area contributed by atoms with Crippen LogP contribution in [0.1, 0.15) is 25.0 Å². The van der Waals surface area contributed by atoms with E-state index in [2.05, 4.69) is 198 Å². The molecule has 1 aliphatic carbocycles. The molecule has 0 spiro atoms. The number of para-hydroxylation sites is 4. The van der Waals surface area contributed by atoms with E-state index < -0.39 is 0 Å². The number of aromatic nitrogens is 1. The molecule has 1 aromatic heterocycles. The summed E-state index contributed by atoms with van der Waals surface area (Å²) in [6.45, 7) is 4.82. The van der Waals surface area contributed by atoms with E-state index in [4.69, 9.17) is 0 Å². The molecule has 11 rings (SSSR count). The first kappa shape index (κ1) is 28.6. The first-order valence-corrected chi connectivity index (χ1v) is 17.9. The average molecular weight is 652 g/mol. The maximum atomic E-state index is 2.69. The summed E-state index contributed by atoms with van der Waals surface area (Å²) in [6, 6.07) is 62.4. The van der Waals surface area contributed by atoms with Crippen LogP contribution in [0.25, 0.3) is 38.4 Å². The molecule has 0 atom stereocenters. The van der Waals surface area contributed by atoms with Crippen molar-refractivity contribution in [2.45, 2.75) is 19.3 Å². The van der Waals surface area contributed by atoms with Crippen LogP contribution in [0.3, 0.4) is 0 Å². The summed E-state index contributed by atoms with van der Waals surface area (Å²) >= 11 is 0. The Kier molecular flexibility index (Phi) is 5.82. The van der Waals surface area contributed by atoms with Crippen molar-refractivity contribution in [1.29, 1.82) is 0 Å². The van der Waals surface area contributed by atoms with E-state index in [1.807, 2.05) is 0 Å². The predicted molar refractivity (Wildman–Crippen MR) is 215 cm³/mol. The van der Waals surface area contributed by atoms with Crippen LogP contribution in [0.4, 0.5) is 28.4 Å². The normalized spacial score (nSPS) is 14.9. The second-order valence-corrected chi connectivity index (χ2v) is 14.5. The number of anilines is 5. The summed E-state index contributed by atoms with van der Waals surface area (Å²) in [4.78, 5) is 4.99. The Morgan fingerprint density at radius 2 is 1.16 bits per heavy atom. The SMILES string of the molecule is CC1(C)C2=C(B3c4c(cccc4N2c2ccccc2)-c2cccc4c5c(N(c6ccccc6)c6ccccc6)cccc5n3c24)c2ccccc21. The van der Waals surface area contributed by atoms with E-state index in [1.165, 1.54) is 77.8 Å². The van der Waals surface area contributed by atoms with Crippen LogP contribution >= 0.6 is 0 Å². The molecule has 0 saturated heterocycles. The van der Waals surface area contributed by atoms with Crippen molar-refractivity contribution in [2.75, 3.05) is 9.80 Å². The molecule has 3 heterocycles. The molecule has 0 unspecified atom stereocenters. The highest BCUT2D eigenvalue weighted by Gasteiger charge is 2.52. The maximum Gasteiger partial charge on any atom is 0.333 e. The molecule has 0 N–H and O–H groups in total. The summed E-state index contributed by atoms with van der Waals surface area (Å²) in [7, 11) is 0. The molecule has 8 aromatic rings. The zero-order valence-electron chi connectivity index (χ0n) is 28.6. The van der Waals surface area contributed by atoms with Crippen molar-refractivity contribution in [1.82, 2.24) is 4.48 Å². The highest BCUT2D eigenvalue weighted by molar-refractivity contribution is 6.93. The standard InChI is InChI=1S/C47H34BN3/c1-47(2)38-27-13-12-23-36(38)44-46(47)50(33-21-10-5-11-22-33)41-30-15-24-34-35-25-14-26-37-42-39(28-16-29-40(42)51(45(35)37)48(44)43(34)41)49(31-17-6-3-7-18-31)32-19-8-4-9-20-32/h3-30H,1-2H3. The van der Waals surface area contributed by atoms with Gasteiger partial charge >= 0.3 is 6.85 Å². The van der Waals surface area contributed by atoms with Crippen molar-refractivity contribution in [3.05, 3.63) is 187 Å². The fourth-order valence-electron chi connectivity index (χ4n) is 9.55. The molecule has 0 bridgehead atoms. The van der Waals surface area contributed by atoms with Crippen LogP contribution in [0.5, 0.6) is 0 Å². The van der Waals surface area contributed by atoms with Crippen LogP contribution in [0, 0.1) is 0 Å². The lowest BCUT2D eigenvalue weighted by Crippen LogP contribution is -2.50. The van der Waals surface area contributed by atoms with Gasteiger partial charge in [-0.05, 0) is 82.2 Å². The molecular weight excluding hydrogens is 617 g/mol. The van der Waals surface area contributed by atoms with Gasteiger partial charge in [-0.3, -0.25) is 0 Å².